The molecule has 1 aromatic heterocycles. The predicted octanol–water partition coefficient (Wildman–Crippen LogP) is 3.86. The third-order valence-electron chi connectivity index (χ3n) is 3.49. The maximum Gasteiger partial charge on any atom is 0.226 e. The normalized spacial score (nSPS) is 12.0. The second-order valence-corrected chi connectivity index (χ2v) is 6.44. The molecular formula is C17H22N2OS. The van der Waals surface area contributed by atoms with Gasteiger partial charge in [0.05, 0.1) is 12.5 Å². The van der Waals surface area contributed by atoms with Gasteiger partial charge < -0.3 is 10.2 Å². The van der Waals surface area contributed by atoms with Gasteiger partial charge in [0, 0.05) is 24.7 Å². The third kappa shape index (κ3) is 4.08. The third-order valence-corrected chi connectivity index (χ3v) is 4.69. The zero-order chi connectivity index (χ0) is 15.4. The lowest BCUT2D eigenvalue weighted by molar-refractivity contribution is -0.127. The minimum Gasteiger partial charge on any atom is -0.378 e. The lowest BCUT2D eigenvalue weighted by Crippen LogP contribution is -2.23. The van der Waals surface area contributed by atoms with Gasteiger partial charge >= 0.3 is 0 Å². The van der Waals surface area contributed by atoms with Crippen molar-refractivity contribution in [3.8, 4) is 0 Å². The average Bonchev–Trinajstić information content (AvgIpc) is 2.87. The van der Waals surface area contributed by atoms with E-state index >= 15 is 0 Å². The van der Waals surface area contributed by atoms with Crippen LogP contribution in [0.2, 0.25) is 0 Å². The lowest BCUT2D eigenvalue weighted by atomic mass is 10.1. The van der Waals surface area contributed by atoms with Crippen molar-refractivity contribution in [2.75, 3.05) is 19.4 Å². The van der Waals surface area contributed by atoms with E-state index in [9.17, 15) is 4.79 Å². The van der Waals surface area contributed by atoms with Crippen molar-refractivity contribution < 1.29 is 4.79 Å². The Labute approximate surface area is 130 Å². The Hall–Kier alpha value is -1.81. The first kappa shape index (κ1) is 15.6. The first-order valence-electron chi connectivity index (χ1n) is 7.07. The lowest BCUT2D eigenvalue weighted by Gasteiger charge is -2.15. The van der Waals surface area contributed by atoms with Crippen LogP contribution >= 0.6 is 11.3 Å². The van der Waals surface area contributed by atoms with Crippen LogP contribution in [-0.2, 0) is 11.2 Å². The number of rotatable bonds is 5. The van der Waals surface area contributed by atoms with Crippen LogP contribution in [0, 0.1) is 6.92 Å². The number of carbonyl (C=O) groups excluding carboxylic acids is 1. The monoisotopic (exact) mass is 302 g/mol. The average molecular weight is 302 g/mol. The summed E-state index contributed by atoms with van der Waals surface area (Å²) in [7, 11) is 3.56. The predicted molar refractivity (Wildman–Crippen MR) is 89.9 cm³/mol. The number of benzene rings is 1. The highest BCUT2D eigenvalue weighted by atomic mass is 32.1. The molecule has 3 nitrogen and oxygen atoms in total. The summed E-state index contributed by atoms with van der Waals surface area (Å²) >= 11 is 1.78. The molecule has 0 saturated carbocycles. The molecule has 0 spiro atoms. The zero-order valence-corrected chi connectivity index (χ0v) is 13.8. The number of aryl methyl sites for hydroxylation is 1. The van der Waals surface area contributed by atoms with Gasteiger partial charge in [-0.2, -0.15) is 0 Å². The molecule has 1 aromatic carbocycles. The van der Waals surface area contributed by atoms with Crippen LogP contribution in [0.4, 0.5) is 5.69 Å². The van der Waals surface area contributed by atoms with Crippen LogP contribution in [0.5, 0.6) is 0 Å². The number of nitrogens with zero attached hydrogens (tertiary/aromatic N) is 1. The topological polar surface area (TPSA) is 32.3 Å². The van der Waals surface area contributed by atoms with Crippen molar-refractivity contribution in [3.63, 3.8) is 0 Å². The van der Waals surface area contributed by atoms with Crippen LogP contribution in [0.25, 0.3) is 0 Å². The van der Waals surface area contributed by atoms with E-state index in [1.54, 1.807) is 30.3 Å². The molecule has 21 heavy (non-hydrogen) atoms. The molecule has 0 fully saturated rings. The second-order valence-electron chi connectivity index (χ2n) is 5.50. The van der Waals surface area contributed by atoms with Crippen LogP contribution in [0.1, 0.15) is 29.0 Å². The van der Waals surface area contributed by atoms with Gasteiger partial charge in [0.1, 0.15) is 0 Å². The zero-order valence-electron chi connectivity index (χ0n) is 13.0. The van der Waals surface area contributed by atoms with E-state index in [1.807, 2.05) is 24.3 Å². The maximum atomic E-state index is 11.7. The Kier molecular flexibility index (Phi) is 5.02. The van der Waals surface area contributed by atoms with Gasteiger partial charge in [0.15, 0.2) is 0 Å². The maximum absolute atomic E-state index is 11.7. The van der Waals surface area contributed by atoms with E-state index in [0.29, 0.717) is 12.5 Å². The summed E-state index contributed by atoms with van der Waals surface area (Å²) in [6.07, 6.45) is 0.451. The Morgan fingerprint density at radius 2 is 1.90 bits per heavy atom. The van der Waals surface area contributed by atoms with Crippen LogP contribution in [-0.4, -0.2) is 24.9 Å². The molecule has 1 heterocycles. The van der Waals surface area contributed by atoms with Crippen LogP contribution < -0.4 is 5.32 Å². The van der Waals surface area contributed by atoms with Crippen molar-refractivity contribution >= 4 is 22.9 Å². The number of amides is 1. The van der Waals surface area contributed by atoms with E-state index in [0.717, 1.165) is 11.3 Å². The molecule has 1 unspecified atom stereocenters. The molecule has 2 rings (SSSR count). The minimum atomic E-state index is 0.123. The van der Waals surface area contributed by atoms with Gasteiger partial charge in [0.2, 0.25) is 5.91 Å². The van der Waals surface area contributed by atoms with Crippen molar-refractivity contribution in [1.82, 2.24) is 4.90 Å². The number of hydrogen-bond acceptors (Lipinski definition) is 3. The molecule has 0 aliphatic rings. The van der Waals surface area contributed by atoms with Gasteiger partial charge in [-0.25, -0.2) is 0 Å². The summed E-state index contributed by atoms with van der Waals surface area (Å²) in [5, 5.41) is 5.63. The number of likely N-dealkylation sites (N-methyl/N-ethyl adjacent to an activating group) is 1. The largest absolute Gasteiger partial charge is 0.378 e. The number of carbonyl (C=O) groups is 1. The number of nitrogens with one attached hydrogen (secondary N) is 1. The quantitative estimate of drug-likeness (QED) is 0.909. The highest BCUT2D eigenvalue weighted by Gasteiger charge is 2.10. The first-order valence-corrected chi connectivity index (χ1v) is 7.95. The highest BCUT2D eigenvalue weighted by molar-refractivity contribution is 7.10. The fraction of sp³-hybridized carbons (Fsp3) is 0.353. The number of thiophene rings is 1. The SMILES string of the molecule is Cc1ccsc1C(C)Nc1ccc(CC(=O)N(C)C)cc1. The van der Waals surface area contributed by atoms with E-state index in [2.05, 4.69) is 30.6 Å². The summed E-state index contributed by atoms with van der Waals surface area (Å²) in [5.74, 6) is 0.123. The molecule has 0 radical (unpaired) electrons. The highest BCUT2D eigenvalue weighted by Crippen LogP contribution is 2.26. The molecule has 1 amide bonds. The molecule has 112 valence electrons. The molecule has 1 N–H and O–H groups in total. The summed E-state index contributed by atoms with van der Waals surface area (Å²) in [4.78, 5) is 14.7. The Morgan fingerprint density at radius 3 is 2.43 bits per heavy atom. The number of hydrogen-bond donors (Lipinski definition) is 1. The van der Waals surface area contributed by atoms with Crippen molar-refractivity contribution in [1.29, 1.82) is 0 Å². The van der Waals surface area contributed by atoms with E-state index < -0.39 is 0 Å². The fourth-order valence-electron chi connectivity index (χ4n) is 2.20. The van der Waals surface area contributed by atoms with Gasteiger partial charge in [-0.15, -0.1) is 11.3 Å². The van der Waals surface area contributed by atoms with Crippen molar-refractivity contribution in [2.45, 2.75) is 26.3 Å². The standard InChI is InChI=1S/C17H22N2OS/c1-12-9-10-21-17(12)13(2)18-15-7-5-14(6-8-15)11-16(20)19(3)4/h5-10,13,18H,11H2,1-4H3. The van der Waals surface area contributed by atoms with Gasteiger partial charge in [-0.3, -0.25) is 4.79 Å². The molecule has 0 aliphatic carbocycles. The Morgan fingerprint density at radius 1 is 1.24 bits per heavy atom. The van der Waals surface area contributed by atoms with Crippen molar-refractivity contribution in [2.24, 2.45) is 0 Å². The minimum absolute atomic E-state index is 0.123. The molecule has 0 aliphatic heterocycles. The molecule has 2 aromatic rings. The molecule has 4 heteroatoms. The van der Waals surface area contributed by atoms with Crippen LogP contribution in [0.3, 0.4) is 0 Å². The Bertz CT molecular complexity index is 602. The summed E-state index contributed by atoms with van der Waals surface area (Å²) in [6, 6.07) is 10.5. The molecule has 0 saturated heterocycles. The van der Waals surface area contributed by atoms with Crippen LogP contribution in [0.15, 0.2) is 35.7 Å². The molecule has 1 atom stereocenters. The molecular weight excluding hydrogens is 280 g/mol. The second kappa shape index (κ2) is 6.76. The van der Waals surface area contributed by atoms with Crippen molar-refractivity contribution in [3.05, 3.63) is 51.7 Å². The Balaban J connectivity index is 1.99. The van der Waals surface area contributed by atoms with Gasteiger partial charge in [-0.05, 0) is 48.6 Å². The van der Waals surface area contributed by atoms with E-state index in [1.165, 1.54) is 10.4 Å². The molecule has 0 bridgehead atoms. The number of anilines is 1. The summed E-state index contributed by atoms with van der Waals surface area (Å²) in [5.41, 5.74) is 3.45. The van der Waals surface area contributed by atoms with Gasteiger partial charge in [0.25, 0.3) is 0 Å². The smallest absolute Gasteiger partial charge is 0.226 e. The summed E-state index contributed by atoms with van der Waals surface area (Å²) < 4.78 is 0. The summed E-state index contributed by atoms with van der Waals surface area (Å²) in [6.45, 7) is 4.31. The first-order chi connectivity index (χ1) is 9.97. The fourth-order valence-corrected chi connectivity index (χ4v) is 3.13. The van der Waals surface area contributed by atoms with E-state index in [-0.39, 0.29) is 5.91 Å². The van der Waals surface area contributed by atoms with Gasteiger partial charge in [-0.1, -0.05) is 12.1 Å². The van der Waals surface area contributed by atoms with E-state index in [4.69, 9.17) is 0 Å².